The molecule has 0 amide bonds. The Hall–Kier alpha value is -1.14. The van der Waals surface area contributed by atoms with Gasteiger partial charge in [-0.05, 0) is 52.2 Å². The molecule has 0 fully saturated rings. The lowest BCUT2D eigenvalue weighted by Crippen LogP contribution is -2.51. The van der Waals surface area contributed by atoms with Crippen molar-refractivity contribution >= 4 is 20.3 Å². The maximum Gasteiger partial charge on any atom is 0.335 e. The first-order valence-corrected chi connectivity index (χ1v) is 11.8. The fourth-order valence-corrected chi connectivity index (χ4v) is 3.18. The van der Waals surface area contributed by atoms with E-state index in [0.717, 1.165) is 0 Å². The largest absolute Gasteiger partial charge is 0.463 e. The Morgan fingerprint density at radius 1 is 1.00 bits per heavy atom. The number of allylic oxidation sites excluding steroid dienone is 1. The molecule has 5 nitrogen and oxygen atoms in total. The second-order valence-corrected chi connectivity index (χ2v) is 13.2. The Balaban J connectivity index is 5.76. The highest BCUT2D eigenvalue weighted by molar-refractivity contribution is 6.74. The number of rotatable bonds is 9. The van der Waals surface area contributed by atoms with Crippen LogP contribution < -0.4 is 0 Å². The van der Waals surface area contributed by atoms with E-state index in [1.54, 1.807) is 33.8 Å². The Kier molecular flexibility index (Phi) is 9.09. The predicted octanol–water partition coefficient (Wildman–Crippen LogP) is 4.47. The summed E-state index contributed by atoms with van der Waals surface area (Å²) in [6.45, 7) is 21.1. The van der Waals surface area contributed by atoms with Gasteiger partial charge < -0.3 is 13.9 Å². The van der Waals surface area contributed by atoms with Crippen molar-refractivity contribution in [1.29, 1.82) is 0 Å². The van der Waals surface area contributed by atoms with Gasteiger partial charge in [-0.3, -0.25) is 4.79 Å². The van der Waals surface area contributed by atoms with Crippen molar-refractivity contribution in [3.63, 3.8) is 0 Å². The number of hydrogen-bond acceptors (Lipinski definition) is 5. The summed E-state index contributed by atoms with van der Waals surface area (Å²) >= 11 is 0. The van der Waals surface area contributed by atoms with E-state index < -0.39 is 32.3 Å². The van der Waals surface area contributed by atoms with Crippen LogP contribution in [0.2, 0.25) is 18.1 Å². The van der Waals surface area contributed by atoms with Gasteiger partial charge in [0.15, 0.2) is 14.4 Å². The minimum Gasteiger partial charge on any atom is -0.463 e. The summed E-state index contributed by atoms with van der Waals surface area (Å²) in [6.07, 6.45) is 0.347. The SMILES string of the molecule is C=CC[C@H](C(=O)OC(C)C)[C@@H](O[Si](C)(C)C(C)(C)C)C(=O)OC(C)C. The molecule has 0 bridgehead atoms. The molecule has 0 aromatic heterocycles. The van der Waals surface area contributed by atoms with Gasteiger partial charge in [-0.15, -0.1) is 6.58 Å². The maximum atomic E-state index is 12.7. The van der Waals surface area contributed by atoms with Crippen molar-refractivity contribution in [2.75, 3.05) is 0 Å². The average molecular weight is 373 g/mol. The van der Waals surface area contributed by atoms with E-state index in [2.05, 4.69) is 27.4 Å². The van der Waals surface area contributed by atoms with Gasteiger partial charge in [0.1, 0.15) is 0 Å². The van der Waals surface area contributed by atoms with E-state index in [1.165, 1.54) is 0 Å². The molecular formula is C19H36O5Si. The number of carbonyl (C=O) groups excluding carboxylic acids is 2. The van der Waals surface area contributed by atoms with Crippen molar-refractivity contribution in [2.45, 2.75) is 91.3 Å². The van der Waals surface area contributed by atoms with E-state index in [0.29, 0.717) is 0 Å². The van der Waals surface area contributed by atoms with E-state index >= 15 is 0 Å². The van der Waals surface area contributed by atoms with E-state index in [-0.39, 0.29) is 23.7 Å². The first-order valence-electron chi connectivity index (χ1n) is 8.92. The summed E-state index contributed by atoms with van der Waals surface area (Å²) in [7, 11) is -2.30. The van der Waals surface area contributed by atoms with Gasteiger partial charge in [-0.2, -0.15) is 0 Å². The molecule has 25 heavy (non-hydrogen) atoms. The van der Waals surface area contributed by atoms with Crippen LogP contribution in [-0.4, -0.2) is 38.6 Å². The molecule has 2 atom stereocenters. The number of hydrogen-bond donors (Lipinski definition) is 0. The number of ether oxygens (including phenoxy) is 2. The highest BCUT2D eigenvalue weighted by atomic mass is 28.4. The van der Waals surface area contributed by atoms with E-state index in [4.69, 9.17) is 13.9 Å². The van der Waals surface area contributed by atoms with Crippen LogP contribution in [0.4, 0.5) is 0 Å². The molecule has 0 radical (unpaired) electrons. The van der Waals surface area contributed by atoms with Crippen LogP contribution in [-0.2, 0) is 23.5 Å². The van der Waals surface area contributed by atoms with Gasteiger partial charge in [0, 0.05) is 0 Å². The lowest BCUT2D eigenvalue weighted by molar-refractivity contribution is -0.169. The van der Waals surface area contributed by atoms with Crippen molar-refractivity contribution in [3.05, 3.63) is 12.7 Å². The molecule has 146 valence electrons. The van der Waals surface area contributed by atoms with Gasteiger partial charge >= 0.3 is 11.9 Å². The van der Waals surface area contributed by atoms with Gasteiger partial charge in [0.05, 0.1) is 18.1 Å². The van der Waals surface area contributed by atoms with Crippen LogP contribution in [0.15, 0.2) is 12.7 Å². The minimum atomic E-state index is -2.30. The molecule has 0 saturated heterocycles. The third kappa shape index (κ3) is 7.73. The Morgan fingerprint density at radius 3 is 1.80 bits per heavy atom. The van der Waals surface area contributed by atoms with Crippen LogP contribution in [0.3, 0.4) is 0 Å². The zero-order valence-corrected chi connectivity index (χ0v) is 18.3. The third-order valence-corrected chi connectivity index (χ3v) is 8.71. The van der Waals surface area contributed by atoms with Gasteiger partial charge in [-0.1, -0.05) is 26.8 Å². The van der Waals surface area contributed by atoms with Crippen LogP contribution in [0.1, 0.15) is 54.9 Å². The zero-order chi connectivity index (χ0) is 20.0. The van der Waals surface area contributed by atoms with Crippen LogP contribution >= 0.6 is 0 Å². The summed E-state index contributed by atoms with van der Waals surface area (Å²) < 4.78 is 17.0. The van der Waals surface area contributed by atoms with Gasteiger partial charge in [-0.25, -0.2) is 4.79 Å². The number of esters is 2. The molecule has 0 aliphatic heterocycles. The standard InChI is InChI=1S/C19H36O5Si/c1-11-12-15(17(20)22-13(2)3)16(18(21)23-14(4)5)24-25(9,10)19(6,7)8/h11,13-16H,1,12H2,2-10H3/t15-,16+/m0/s1. The molecule has 6 heteroatoms. The van der Waals surface area contributed by atoms with Crippen molar-refractivity contribution < 1.29 is 23.5 Å². The lowest BCUT2D eigenvalue weighted by Gasteiger charge is -2.40. The molecule has 0 saturated carbocycles. The second-order valence-electron chi connectivity index (χ2n) is 8.40. The first kappa shape index (κ1) is 23.9. The smallest absolute Gasteiger partial charge is 0.335 e. The molecule has 0 aliphatic carbocycles. The van der Waals surface area contributed by atoms with Crippen molar-refractivity contribution in [1.82, 2.24) is 0 Å². The summed E-state index contributed by atoms with van der Waals surface area (Å²) in [6, 6.07) is 0. The van der Waals surface area contributed by atoms with Crippen LogP contribution in [0, 0.1) is 5.92 Å². The second kappa shape index (κ2) is 9.53. The van der Waals surface area contributed by atoms with Crippen molar-refractivity contribution in [3.8, 4) is 0 Å². The molecule has 0 rings (SSSR count). The lowest BCUT2D eigenvalue weighted by atomic mass is 9.98. The highest BCUT2D eigenvalue weighted by Gasteiger charge is 2.45. The van der Waals surface area contributed by atoms with Crippen LogP contribution in [0.5, 0.6) is 0 Å². The fraction of sp³-hybridized carbons (Fsp3) is 0.789. The summed E-state index contributed by atoms with van der Waals surface area (Å²) in [5.41, 5.74) is 0. The molecule has 0 unspecified atom stereocenters. The minimum absolute atomic E-state index is 0.107. The monoisotopic (exact) mass is 372 g/mol. The van der Waals surface area contributed by atoms with Gasteiger partial charge in [0.25, 0.3) is 0 Å². The first-order chi connectivity index (χ1) is 11.2. The van der Waals surface area contributed by atoms with Crippen LogP contribution in [0.25, 0.3) is 0 Å². The molecule has 0 aromatic rings. The summed E-state index contributed by atoms with van der Waals surface area (Å²) in [4.78, 5) is 25.3. The Labute approximate surface area is 154 Å². The molecule has 0 spiro atoms. The normalized spacial score (nSPS) is 15.0. The Morgan fingerprint density at radius 2 is 1.44 bits per heavy atom. The molecule has 0 N–H and O–H groups in total. The molecular weight excluding hydrogens is 336 g/mol. The topological polar surface area (TPSA) is 61.8 Å². The summed E-state index contributed by atoms with van der Waals surface area (Å²) in [5, 5.41) is -0.107. The quantitative estimate of drug-likeness (QED) is 0.339. The zero-order valence-electron chi connectivity index (χ0n) is 17.3. The van der Waals surface area contributed by atoms with E-state index in [1.807, 2.05) is 13.1 Å². The molecule has 0 aliphatic rings. The maximum absolute atomic E-state index is 12.7. The Bertz CT molecular complexity index is 463. The molecule has 0 aromatic carbocycles. The number of carbonyl (C=O) groups is 2. The predicted molar refractivity (Wildman–Crippen MR) is 103 cm³/mol. The van der Waals surface area contributed by atoms with E-state index in [9.17, 15) is 9.59 Å². The molecule has 0 heterocycles. The van der Waals surface area contributed by atoms with Gasteiger partial charge in [0.2, 0.25) is 0 Å². The average Bonchev–Trinajstić information content (AvgIpc) is 2.39. The summed E-state index contributed by atoms with van der Waals surface area (Å²) in [5.74, 6) is -1.74. The fourth-order valence-electron chi connectivity index (χ4n) is 1.93. The third-order valence-electron chi connectivity index (χ3n) is 4.25. The highest BCUT2D eigenvalue weighted by Crippen LogP contribution is 2.38. The van der Waals surface area contributed by atoms with Crippen molar-refractivity contribution in [2.24, 2.45) is 5.92 Å².